The van der Waals surface area contributed by atoms with Crippen LogP contribution in [0.25, 0.3) is 10.6 Å². The fourth-order valence-corrected chi connectivity index (χ4v) is 7.04. The molecule has 0 aliphatic heterocycles. The minimum Gasteiger partial charge on any atom is -0.490 e. The Morgan fingerprint density at radius 3 is 2.76 bits per heavy atom. The molecule has 1 aromatic heterocycles. The number of nitrogens with zero attached hydrogens (tertiary/aromatic N) is 2. The zero-order valence-corrected chi connectivity index (χ0v) is 25.0. The van der Waals surface area contributed by atoms with E-state index in [1.165, 1.54) is 69.5 Å². The number of aromatic nitrogens is 1. The highest BCUT2D eigenvalue weighted by Gasteiger charge is 2.32. The van der Waals surface area contributed by atoms with Gasteiger partial charge in [-0.25, -0.2) is 4.98 Å². The van der Waals surface area contributed by atoms with Gasteiger partial charge in [0.2, 0.25) is 0 Å². The van der Waals surface area contributed by atoms with Gasteiger partial charge in [-0.3, -0.25) is 0 Å². The van der Waals surface area contributed by atoms with Gasteiger partial charge in [-0.15, -0.1) is 17.3 Å². The van der Waals surface area contributed by atoms with Gasteiger partial charge in [0, 0.05) is 22.6 Å². The molecule has 0 saturated carbocycles. The predicted molar refractivity (Wildman–Crippen MR) is 163 cm³/mol. The van der Waals surface area contributed by atoms with Crippen LogP contribution in [0.15, 0.2) is 47.7 Å². The lowest BCUT2D eigenvalue weighted by Crippen LogP contribution is -2.28. The monoisotopic (exact) mass is 530 g/mol. The van der Waals surface area contributed by atoms with Crippen LogP contribution in [-0.2, 0) is 0 Å². The second kappa shape index (κ2) is 14.2. The summed E-state index contributed by atoms with van der Waals surface area (Å²) in [5, 5.41) is 1.07. The van der Waals surface area contributed by atoms with Crippen molar-refractivity contribution in [2.45, 2.75) is 98.0 Å². The first-order chi connectivity index (χ1) is 18.5. The minimum absolute atomic E-state index is 0.123. The number of hydrogen-bond acceptors (Lipinski definition) is 4. The second-order valence-corrected chi connectivity index (χ2v) is 12.1. The summed E-state index contributed by atoms with van der Waals surface area (Å²) in [5.41, 5.74) is 5.38. The zero-order chi connectivity index (χ0) is 26.9. The van der Waals surface area contributed by atoms with Crippen LogP contribution < -0.4 is 4.74 Å². The van der Waals surface area contributed by atoms with Crippen molar-refractivity contribution in [1.82, 2.24) is 9.88 Å². The lowest BCUT2D eigenvalue weighted by molar-refractivity contribution is 0.242. The van der Waals surface area contributed by atoms with Crippen molar-refractivity contribution in [3.05, 3.63) is 58.1 Å². The Hall–Kier alpha value is -2.35. The molecule has 2 aromatic rings. The number of allylic oxidation sites excluding steroid dienone is 4. The summed E-state index contributed by atoms with van der Waals surface area (Å²) in [4.78, 5) is 8.99. The molecule has 2 unspecified atom stereocenters. The highest BCUT2D eigenvalue weighted by atomic mass is 32.1. The van der Waals surface area contributed by atoms with Gasteiger partial charge in [0.1, 0.15) is 10.8 Å². The Kier molecular flexibility index (Phi) is 10.7. The third-order valence-corrected chi connectivity index (χ3v) is 8.95. The van der Waals surface area contributed by atoms with Crippen LogP contribution in [0.4, 0.5) is 0 Å². The number of unbranched alkanes of at least 4 members (excludes halogenated alkanes) is 2. The molecule has 2 aliphatic rings. The maximum absolute atomic E-state index is 5.98. The largest absolute Gasteiger partial charge is 0.490 e. The summed E-state index contributed by atoms with van der Waals surface area (Å²) in [5.74, 6) is 8.31. The fraction of sp³-hybridized carbons (Fsp3) is 0.559. The Labute approximate surface area is 235 Å². The van der Waals surface area contributed by atoms with Crippen molar-refractivity contribution in [2.75, 3.05) is 19.6 Å². The van der Waals surface area contributed by atoms with E-state index in [9.17, 15) is 0 Å². The summed E-state index contributed by atoms with van der Waals surface area (Å²) in [7, 11) is 0. The van der Waals surface area contributed by atoms with E-state index in [-0.39, 0.29) is 6.10 Å². The molecule has 0 fully saturated rings. The third kappa shape index (κ3) is 7.19. The van der Waals surface area contributed by atoms with E-state index in [4.69, 9.17) is 9.72 Å². The third-order valence-electron chi connectivity index (χ3n) is 7.79. The summed E-state index contributed by atoms with van der Waals surface area (Å²) in [6.07, 6.45) is 17.3. The van der Waals surface area contributed by atoms with Gasteiger partial charge < -0.3 is 9.64 Å². The topological polar surface area (TPSA) is 25.4 Å². The summed E-state index contributed by atoms with van der Waals surface area (Å²) < 4.78 is 5.98. The molecular formula is C34H46N2OS. The van der Waals surface area contributed by atoms with Gasteiger partial charge in [0.15, 0.2) is 0 Å². The highest BCUT2D eigenvalue weighted by Crippen LogP contribution is 2.48. The van der Waals surface area contributed by atoms with Gasteiger partial charge in [0.05, 0.1) is 11.7 Å². The highest BCUT2D eigenvalue weighted by molar-refractivity contribution is 7.15. The number of thiazole rings is 1. The van der Waals surface area contributed by atoms with E-state index in [0.717, 1.165) is 28.3 Å². The quantitative estimate of drug-likeness (QED) is 0.191. The molecule has 0 N–H and O–H groups in total. The summed E-state index contributed by atoms with van der Waals surface area (Å²) >= 11 is 1.85. The van der Waals surface area contributed by atoms with Crippen molar-refractivity contribution in [2.24, 2.45) is 5.92 Å². The lowest BCUT2D eigenvalue weighted by Gasteiger charge is -2.25. The molecule has 2 aliphatic carbocycles. The number of benzene rings is 1. The van der Waals surface area contributed by atoms with Crippen LogP contribution in [0, 0.1) is 17.8 Å². The van der Waals surface area contributed by atoms with E-state index >= 15 is 0 Å². The normalized spacial score (nSPS) is 18.7. The average Bonchev–Trinajstić information content (AvgIpc) is 3.56. The van der Waals surface area contributed by atoms with Crippen molar-refractivity contribution in [1.29, 1.82) is 0 Å². The molecule has 0 radical (unpaired) electrons. The molecule has 3 nitrogen and oxygen atoms in total. The van der Waals surface area contributed by atoms with Crippen LogP contribution in [0.5, 0.6) is 5.75 Å². The SMILES string of the molecule is CC#Cc1cc(-c2ncc(C3CC=CC4=C3CCC4CCN(CCC)CCCCC)s2)ccc1OC(C)C. The van der Waals surface area contributed by atoms with Gasteiger partial charge in [-0.2, -0.15) is 0 Å². The second-order valence-electron chi connectivity index (χ2n) is 11.1. The van der Waals surface area contributed by atoms with E-state index in [0.29, 0.717) is 11.8 Å². The van der Waals surface area contributed by atoms with Gasteiger partial charge >= 0.3 is 0 Å². The number of rotatable bonds is 13. The Morgan fingerprint density at radius 2 is 2.00 bits per heavy atom. The molecular weight excluding hydrogens is 484 g/mol. The molecule has 0 saturated heterocycles. The lowest BCUT2D eigenvalue weighted by atomic mass is 9.85. The van der Waals surface area contributed by atoms with E-state index in [2.05, 4.69) is 61.1 Å². The number of ether oxygens (including phenoxy) is 1. The molecule has 1 heterocycles. The zero-order valence-electron chi connectivity index (χ0n) is 24.2. The molecule has 0 amide bonds. The Morgan fingerprint density at radius 1 is 1.13 bits per heavy atom. The van der Waals surface area contributed by atoms with Crippen LogP contribution >= 0.6 is 11.3 Å². The first-order valence-electron chi connectivity index (χ1n) is 14.8. The van der Waals surface area contributed by atoms with E-state index in [1.807, 2.05) is 38.2 Å². The van der Waals surface area contributed by atoms with Crippen molar-refractivity contribution >= 4 is 11.3 Å². The maximum atomic E-state index is 5.98. The molecule has 2 atom stereocenters. The molecule has 38 heavy (non-hydrogen) atoms. The maximum Gasteiger partial charge on any atom is 0.135 e. The average molecular weight is 531 g/mol. The number of hydrogen-bond donors (Lipinski definition) is 0. The summed E-state index contributed by atoms with van der Waals surface area (Å²) in [6, 6.07) is 6.31. The molecule has 4 heteroatoms. The Balaban J connectivity index is 1.47. The van der Waals surface area contributed by atoms with Crippen LogP contribution in [-0.4, -0.2) is 35.6 Å². The van der Waals surface area contributed by atoms with Gasteiger partial charge in [-0.1, -0.05) is 50.3 Å². The van der Waals surface area contributed by atoms with Crippen molar-refractivity contribution < 1.29 is 4.74 Å². The summed E-state index contributed by atoms with van der Waals surface area (Å²) in [6.45, 7) is 14.3. The van der Waals surface area contributed by atoms with Crippen LogP contribution in [0.3, 0.4) is 0 Å². The fourth-order valence-electron chi connectivity index (χ4n) is 5.98. The predicted octanol–water partition coefficient (Wildman–Crippen LogP) is 9.01. The van der Waals surface area contributed by atoms with Gasteiger partial charge in [0.25, 0.3) is 0 Å². The van der Waals surface area contributed by atoms with Gasteiger partial charge in [-0.05, 0) is 109 Å². The first-order valence-corrected chi connectivity index (χ1v) is 15.7. The van der Waals surface area contributed by atoms with Crippen molar-refractivity contribution in [3.63, 3.8) is 0 Å². The van der Waals surface area contributed by atoms with Crippen LogP contribution in [0.1, 0.15) is 102 Å². The standard InChI is InChI=1S/C34H46N2OS/c1-6-9-10-21-36(20-8-3)22-19-26-15-17-30-29(26)13-11-14-31(30)33-24-35-34(38-33)28-16-18-32(37-25(4)5)27(23-28)12-7-2/h11,13,16,18,23-26,31H,6,8-10,14-15,17,19-22H2,1-5H3. The molecule has 4 rings (SSSR count). The van der Waals surface area contributed by atoms with E-state index < -0.39 is 0 Å². The van der Waals surface area contributed by atoms with Crippen molar-refractivity contribution in [3.8, 4) is 28.2 Å². The Bertz CT molecular complexity index is 1180. The molecule has 1 aromatic carbocycles. The molecule has 0 bridgehead atoms. The molecule has 0 spiro atoms. The smallest absolute Gasteiger partial charge is 0.135 e. The molecule has 204 valence electrons. The first kappa shape index (κ1) is 28.7. The van der Waals surface area contributed by atoms with Crippen LogP contribution in [0.2, 0.25) is 0 Å². The van der Waals surface area contributed by atoms with E-state index in [1.54, 1.807) is 11.1 Å². The minimum atomic E-state index is 0.123.